The van der Waals surface area contributed by atoms with Gasteiger partial charge in [-0.05, 0) is 59.9 Å². The minimum atomic E-state index is -3.88. The van der Waals surface area contributed by atoms with Crippen molar-refractivity contribution in [1.82, 2.24) is 0 Å². The summed E-state index contributed by atoms with van der Waals surface area (Å²) in [4.78, 5) is 0.127. The summed E-state index contributed by atoms with van der Waals surface area (Å²) in [6.07, 6.45) is -0.154. The highest BCUT2D eigenvalue weighted by Crippen LogP contribution is 2.52. The van der Waals surface area contributed by atoms with E-state index in [1.807, 2.05) is 25.1 Å². The Bertz CT molecular complexity index is 1250. The maximum atomic E-state index is 14.2. The van der Waals surface area contributed by atoms with Gasteiger partial charge in [-0.25, -0.2) is 4.39 Å². The van der Waals surface area contributed by atoms with Crippen LogP contribution in [0.15, 0.2) is 71.6 Å². The summed E-state index contributed by atoms with van der Waals surface area (Å²) in [5.74, 6) is -0.175. The van der Waals surface area contributed by atoms with Crippen LogP contribution in [-0.4, -0.2) is 21.1 Å². The van der Waals surface area contributed by atoms with Crippen LogP contribution in [0.1, 0.15) is 59.1 Å². The zero-order valence-corrected chi connectivity index (χ0v) is 18.8. The van der Waals surface area contributed by atoms with E-state index < -0.39 is 16.2 Å². The lowest BCUT2D eigenvalue weighted by atomic mass is 9.86. The van der Waals surface area contributed by atoms with Crippen molar-refractivity contribution < 1.29 is 21.7 Å². The Morgan fingerprint density at radius 3 is 2.41 bits per heavy atom. The van der Waals surface area contributed by atoms with Crippen molar-refractivity contribution in [1.29, 1.82) is 0 Å². The molecule has 1 fully saturated rings. The van der Waals surface area contributed by atoms with Crippen molar-refractivity contribution in [2.45, 2.75) is 49.2 Å². The molecule has 3 aromatic carbocycles. The van der Waals surface area contributed by atoms with Crippen molar-refractivity contribution in [2.75, 3.05) is 6.61 Å². The number of rotatable bonds is 4. The maximum absolute atomic E-state index is 14.2. The van der Waals surface area contributed by atoms with Gasteiger partial charge in [-0.15, -0.1) is 0 Å². The quantitative estimate of drug-likeness (QED) is 0.482. The van der Waals surface area contributed by atoms with Crippen molar-refractivity contribution >= 4 is 10.1 Å². The standard InChI is InChI=1S/C26H25FO4S/c1-16-7-10-20(11-8-16)32(28,29)30-15-19-14-25-23-6-4-3-5-21(23)17(2)22-12-9-18(27)13-24(22)26(25)31-19/h3-13,17,19,25-26H,14-15H2,1-2H3/t17?,19-,25-,26-/m1/s1. The molecule has 0 radical (unpaired) electrons. The van der Waals surface area contributed by atoms with E-state index in [0.717, 1.165) is 16.7 Å². The van der Waals surface area contributed by atoms with Crippen molar-refractivity contribution in [3.8, 4) is 0 Å². The highest BCUT2D eigenvalue weighted by Gasteiger charge is 2.42. The molecule has 0 saturated carbocycles. The first-order valence-corrected chi connectivity index (χ1v) is 12.2. The van der Waals surface area contributed by atoms with Gasteiger partial charge < -0.3 is 4.74 Å². The zero-order chi connectivity index (χ0) is 22.5. The molecule has 4 atom stereocenters. The molecule has 1 aliphatic heterocycles. The molecule has 166 valence electrons. The molecule has 1 heterocycles. The van der Waals surface area contributed by atoms with Gasteiger partial charge in [0.25, 0.3) is 10.1 Å². The van der Waals surface area contributed by atoms with E-state index in [2.05, 4.69) is 19.1 Å². The second-order valence-corrected chi connectivity index (χ2v) is 10.3. The number of fused-ring (bicyclic) bond motifs is 5. The smallest absolute Gasteiger partial charge is 0.297 e. The predicted octanol–water partition coefficient (Wildman–Crippen LogP) is 5.62. The number of hydrogen-bond acceptors (Lipinski definition) is 4. The monoisotopic (exact) mass is 452 g/mol. The second kappa shape index (κ2) is 8.10. The molecule has 0 N–H and O–H groups in total. The van der Waals surface area contributed by atoms with Crippen LogP contribution in [0.3, 0.4) is 0 Å². The molecular weight excluding hydrogens is 427 g/mol. The molecule has 32 heavy (non-hydrogen) atoms. The Balaban J connectivity index is 1.44. The Morgan fingerprint density at radius 1 is 0.969 bits per heavy atom. The molecule has 1 saturated heterocycles. The molecule has 1 unspecified atom stereocenters. The predicted molar refractivity (Wildman–Crippen MR) is 120 cm³/mol. The van der Waals surface area contributed by atoms with Crippen molar-refractivity contribution in [3.63, 3.8) is 0 Å². The maximum Gasteiger partial charge on any atom is 0.297 e. The normalized spacial score (nSPS) is 24.3. The van der Waals surface area contributed by atoms with Crippen LogP contribution in [0.2, 0.25) is 0 Å². The molecule has 3 aromatic rings. The van der Waals surface area contributed by atoms with Gasteiger partial charge >= 0.3 is 0 Å². The van der Waals surface area contributed by atoms with Crippen LogP contribution in [0.5, 0.6) is 0 Å². The minimum Gasteiger partial charge on any atom is -0.367 e. The van der Waals surface area contributed by atoms with Crippen LogP contribution in [0, 0.1) is 12.7 Å². The highest BCUT2D eigenvalue weighted by atomic mass is 32.2. The number of hydrogen-bond donors (Lipinski definition) is 0. The lowest BCUT2D eigenvalue weighted by Gasteiger charge is -2.20. The second-order valence-electron chi connectivity index (χ2n) is 8.70. The molecule has 4 nitrogen and oxygen atoms in total. The lowest BCUT2D eigenvalue weighted by molar-refractivity contribution is 0.0156. The molecule has 0 aromatic heterocycles. The van der Waals surface area contributed by atoms with E-state index in [9.17, 15) is 12.8 Å². The van der Waals surface area contributed by atoms with Crippen LogP contribution in [0.25, 0.3) is 0 Å². The summed E-state index contributed by atoms with van der Waals surface area (Å²) in [5.41, 5.74) is 5.22. The van der Waals surface area contributed by atoms with Crippen LogP contribution in [-0.2, 0) is 19.0 Å². The van der Waals surface area contributed by atoms with Gasteiger partial charge in [0, 0.05) is 11.8 Å². The first-order valence-electron chi connectivity index (χ1n) is 10.8. The number of halogens is 1. The van der Waals surface area contributed by atoms with Gasteiger partial charge in [0.15, 0.2) is 0 Å². The highest BCUT2D eigenvalue weighted by molar-refractivity contribution is 7.86. The van der Waals surface area contributed by atoms with E-state index in [1.54, 1.807) is 30.3 Å². The van der Waals surface area contributed by atoms with Crippen molar-refractivity contribution in [2.24, 2.45) is 0 Å². The van der Waals surface area contributed by atoms with E-state index >= 15 is 0 Å². The SMILES string of the molecule is Cc1ccc(S(=O)(=O)OC[C@H]2C[C@@H]3c4ccccc4C(C)c4ccc(F)cc4[C@H]3O2)cc1. The topological polar surface area (TPSA) is 52.6 Å². The van der Waals surface area contributed by atoms with Crippen molar-refractivity contribution in [3.05, 3.63) is 100 Å². The molecule has 0 amide bonds. The summed E-state index contributed by atoms with van der Waals surface area (Å²) in [6, 6.07) is 19.7. The van der Waals surface area contributed by atoms with Gasteiger partial charge in [0.05, 0.1) is 23.7 Å². The summed E-state index contributed by atoms with van der Waals surface area (Å²) in [7, 11) is -3.88. The van der Waals surface area contributed by atoms with E-state index in [4.69, 9.17) is 8.92 Å². The lowest BCUT2D eigenvalue weighted by Crippen LogP contribution is -2.19. The average Bonchev–Trinajstić information content (AvgIpc) is 3.18. The number of ether oxygens (including phenoxy) is 1. The first kappa shape index (κ1) is 21.3. The summed E-state index contributed by atoms with van der Waals surface area (Å²) >= 11 is 0. The Labute approximate surface area is 188 Å². The Kier molecular flexibility index (Phi) is 5.40. The van der Waals surface area contributed by atoms with Gasteiger partial charge in [-0.1, -0.05) is 55.0 Å². The summed E-state index contributed by atoms with van der Waals surface area (Å²) in [5, 5.41) is 0. The third-order valence-corrected chi connectivity index (χ3v) is 7.92. The van der Waals surface area contributed by atoms with Crippen LogP contribution in [0.4, 0.5) is 4.39 Å². The van der Waals surface area contributed by atoms with E-state index in [1.165, 1.54) is 17.2 Å². The Hall–Kier alpha value is -2.54. The zero-order valence-electron chi connectivity index (χ0n) is 18.0. The van der Waals surface area contributed by atoms with Crippen LogP contribution < -0.4 is 0 Å². The largest absolute Gasteiger partial charge is 0.367 e. The average molecular weight is 453 g/mol. The van der Waals surface area contributed by atoms with E-state index in [-0.39, 0.29) is 35.3 Å². The number of aryl methyl sites for hydroxylation is 1. The third kappa shape index (κ3) is 3.76. The molecule has 2 aliphatic rings. The molecule has 0 bridgehead atoms. The molecular formula is C26H25FO4S. The summed E-state index contributed by atoms with van der Waals surface area (Å²) < 4.78 is 51.1. The van der Waals surface area contributed by atoms with Gasteiger partial charge in [0.1, 0.15) is 5.82 Å². The molecule has 5 rings (SSSR count). The van der Waals surface area contributed by atoms with Crippen LogP contribution >= 0.6 is 0 Å². The van der Waals surface area contributed by atoms with Gasteiger partial charge in [-0.3, -0.25) is 4.18 Å². The van der Waals surface area contributed by atoms with Gasteiger partial charge in [-0.2, -0.15) is 8.42 Å². The minimum absolute atomic E-state index is 0.00683. The molecule has 6 heteroatoms. The third-order valence-electron chi connectivity index (χ3n) is 6.62. The van der Waals surface area contributed by atoms with E-state index in [0.29, 0.717) is 6.42 Å². The fourth-order valence-corrected chi connectivity index (χ4v) is 5.92. The summed E-state index contributed by atoms with van der Waals surface area (Å²) in [6.45, 7) is 3.95. The fourth-order valence-electron chi connectivity index (χ4n) is 4.99. The first-order chi connectivity index (χ1) is 15.3. The van der Waals surface area contributed by atoms with Gasteiger partial charge in [0.2, 0.25) is 0 Å². The Morgan fingerprint density at radius 2 is 1.66 bits per heavy atom. The molecule has 1 aliphatic carbocycles. The molecule has 0 spiro atoms. The number of benzene rings is 3. The fraction of sp³-hybridized carbons (Fsp3) is 0.308.